The zero-order chi connectivity index (χ0) is 21.5. The summed E-state index contributed by atoms with van der Waals surface area (Å²) < 4.78 is 7.10. The summed E-state index contributed by atoms with van der Waals surface area (Å²) in [5.41, 5.74) is 3.02. The predicted octanol–water partition coefficient (Wildman–Crippen LogP) is 5.57. The third kappa shape index (κ3) is 3.52. The Balaban J connectivity index is 1.37. The molecular formula is C23H16ClN3O3S. The molecule has 2 aromatic carbocycles. The van der Waals surface area contributed by atoms with Crippen LogP contribution in [0.1, 0.15) is 25.7 Å². The minimum atomic E-state index is -0.531. The van der Waals surface area contributed by atoms with Crippen LogP contribution in [0.4, 0.5) is 0 Å². The zero-order valence-electron chi connectivity index (χ0n) is 16.4. The van der Waals surface area contributed by atoms with E-state index in [1.807, 2.05) is 43.3 Å². The van der Waals surface area contributed by atoms with E-state index in [1.54, 1.807) is 29.1 Å². The number of nitrogens with one attached hydrogen (secondary N) is 1. The van der Waals surface area contributed by atoms with E-state index in [9.17, 15) is 9.59 Å². The number of thiophene rings is 1. The lowest BCUT2D eigenvalue weighted by Crippen LogP contribution is -2.13. The van der Waals surface area contributed by atoms with Gasteiger partial charge in [0.05, 0.1) is 11.4 Å². The number of hydrogen-bond donors (Lipinski definition) is 1. The van der Waals surface area contributed by atoms with Crippen LogP contribution < -0.4 is 0 Å². The van der Waals surface area contributed by atoms with Gasteiger partial charge in [-0.3, -0.25) is 4.79 Å². The van der Waals surface area contributed by atoms with E-state index >= 15 is 0 Å². The van der Waals surface area contributed by atoms with Crippen molar-refractivity contribution >= 4 is 55.8 Å². The number of esters is 1. The zero-order valence-corrected chi connectivity index (χ0v) is 18.0. The number of hydrogen-bond acceptors (Lipinski definition) is 5. The first kappa shape index (κ1) is 19.5. The summed E-state index contributed by atoms with van der Waals surface area (Å²) >= 11 is 7.26. The Morgan fingerprint density at radius 1 is 1.13 bits per heavy atom. The van der Waals surface area contributed by atoms with Gasteiger partial charge in [-0.2, -0.15) is 5.10 Å². The first-order valence-corrected chi connectivity index (χ1v) is 10.7. The summed E-state index contributed by atoms with van der Waals surface area (Å²) in [6.45, 7) is 1.56. The second-order valence-electron chi connectivity index (χ2n) is 7.05. The first-order valence-electron chi connectivity index (χ1n) is 9.53. The average Bonchev–Trinajstić information content (AvgIpc) is 3.47. The van der Waals surface area contributed by atoms with Gasteiger partial charge in [-0.25, -0.2) is 9.48 Å². The van der Waals surface area contributed by atoms with Crippen LogP contribution in [0, 0.1) is 6.92 Å². The number of Topliss-reactive ketones (excluding diaryl/α,β-unsaturated/α-hetero) is 1. The molecule has 8 heteroatoms. The molecule has 0 spiro atoms. The molecule has 0 bridgehead atoms. The third-order valence-electron chi connectivity index (χ3n) is 5.04. The quantitative estimate of drug-likeness (QED) is 0.281. The van der Waals surface area contributed by atoms with Crippen LogP contribution in [0.3, 0.4) is 0 Å². The molecule has 5 rings (SSSR count). The van der Waals surface area contributed by atoms with Gasteiger partial charge in [0.15, 0.2) is 6.61 Å². The molecule has 0 aliphatic heterocycles. The van der Waals surface area contributed by atoms with Crippen molar-refractivity contribution in [1.82, 2.24) is 14.8 Å². The van der Waals surface area contributed by atoms with Gasteiger partial charge in [0, 0.05) is 33.1 Å². The molecule has 0 aliphatic rings. The second kappa shape index (κ2) is 7.68. The standard InChI is InChI=1S/C23H16ClN3O3S/c1-13-17-10-21(31-22(17)27(26-13)15-8-6-14(24)7-9-15)23(29)30-12-20(28)18-11-25-19-5-3-2-4-16(18)19/h2-11,25H,12H2,1H3. The number of nitrogens with zero attached hydrogens (tertiary/aromatic N) is 2. The van der Waals surface area contributed by atoms with Crippen LogP contribution in [0.2, 0.25) is 5.02 Å². The number of aromatic nitrogens is 3. The van der Waals surface area contributed by atoms with E-state index in [0.717, 1.165) is 32.5 Å². The number of rotatable bonds is 5. The summed E-state index contributed by atoms with van der Waals surface area (Å²) in [5, 5.41) is 6.88. The molecule has 3 heterocycles. The van der Waals surface area contributed by atoms with Gasteiger partial charge in [0.2, 0.25) is 5.78 Å². The van der Waals surface area contributed by atoms with Crippen LogP contribution in [0.25, 0.3) is 26.8 Å². The Bertz CT molecular complexity index is 1450. The topological polar surface area (TPSA) is 77.0 Å². The summed E-state index contributed by atoms with van der Waals surface area (Å²) in [4.78, 5) is 29.5. The molecule has 3 aromatic heterocycles. The number of ketones is 1. The van der Waals surface area contributed by atoms with Crippen LogP contribution in [0.15, 0.2) is 60.8 Å². The molecule has 0 unspecified atom stereocenters. The highest BCUT2D eigenvalue weighted by atomic mass is 35.5. The van der Waals surface area contributed by atoms with Crippen molar-refractivity contribution in [3.63, 3.8) is 0 Å². The molecule has 0 amide bonds. The number of H-pyrrole nitrogens is 1. The normalized spacial score (nSPS) is 11.3. The number of para-hydroxylation sites is 1. The van der Waals surface area contributed by atoms with Crippen molar-refractivity contribution in [2.75, 3.05) is 6.61 Å². The van der Waals surface area contributed by atoms with Gasteiger partial charge < -0.3 is 9.72 Å². The van der Waals surface area contributed by atoms with Crippen molar-refractivity contribution < 1.29 is 14.3 Å². The van der Waals surface area contributed by atoms with E-state index < -0.39 is 5.97 Å². The number of ether oxygens (including phenoxy) is 1. The second-order valence-corrected chi connectivity index (χ2v) is 8.52. The molecule has 154 valence electrons. The molecule has 31 heavy (non-hydrogen) atoms. The molecule has 0 radical (unpaired) electrons. The van der Waals surface area contributed by atoms with Gasteiger partial charge in [-0.05, 0) is 43.3 Å². The molecule has 0 atom stereocenters. The number of carbonyl (C=O) groups excluding carboxylic acids is 2. The Labute approximate surface area is 186 Å². The number of aromatic amines is 1. The lowest BCUT2D eigenvalue weighted by molar-refractivity contribution is 0.0480. The summed E-state index contributed by atoms with van der Waals surface area (Å²) in [7, 11) is 0. The lowest BCUT2D eigenvalue weighted by atomic mass is 10.1. The highest BCUT2D eigenvalue weighted by Crippen LogP contribution is 2.31. The SMILES string of the molecule is Cc1nn(-c2ccc(Cl)cc2)c2sc(C(=O)OCC(=O)c3c[nH]c4ccccc34)cc12. The van der Waals surface area contributed by atoms with E-state index in [0.29, 0.717) is 15.5 Å². The lowest BCUT2D eigenvalue weighted by Gasteiger charge is -2.03. The Morgan fingerprint density at radius 3 is 2.71 bits per heavy atom. The average molecular weight is 450 g/mol. The molecule has 6 nitrogen and oxygen atoms in total. The van der Waals surface area contributed by atoms with Gasteiger partial charge >= 0.3 is 5.97 Å². The minimum absolute atomic E-state index is 0.254. The number of fused-ring (bicyclic) bond motifs is 2. The Hall–Kier alpha value is -3.42. The summed E-state index contributed by atoms with van der Waals surface area (Å²) in [6, 6.07) is 16.6. The maximum atomic E-state index is 12.6. The molecule has 1 N–H and O–H groups in total. The van der Waals surface area contributed by atoms with Gasteiger partial charge in [-0.1, -0.05) is 29.8 Å². The molecule has 0 aliphatic carbocycles. The van der Waals surface area contributed by atoms with E-state index in [4.69, 9.17) is 16.3 Å². The molecular weight excluding hydrogens is 434 g/mol. The maximum absolute atomic E-state index is 12.6. The van der Waals surface area contributed by atoms with Crippen molar-refractivity contribution in [3.8, 4) is 5.69 Å². The first-order chi connectivity index (χ1) is 15.0. The van der Waals surface area contributed by atoms with Crippen molar-refractivity contribution in [2.24, 2.45) is 0 Å². The minimum Gasteiger partial charge on any atom is -0.453 e. The predicted molar refractivity (Wildman–Crippen MR) is 122 cm³/mol. The van der Waals surface area contributed by atoms with E-state index in [-0.39, 0.29) is 12.4 Å². The van der Waals surface area contributed by atoms with Crippen LogP contribution in [-0.2, 0) is 4.74 Å². The van der Waals surface area contributed by atoms with Crippen LogP contribution in [-0.4, -0.2) is 33.1 Å². The Kier molecular flexibility index (Phi) is 4.84. The molecule has 0 saturated carbocycles. The largest absolute Gasteiger partial charge is 0.453 e. The number of halogens is 1. The van der Waals surface area contributed by atoms with E-state index in [2.05, 4.69) is 10.1 Å². The molecule has 0 fully saturated rings. The monoisotopic (exact) mass is 449 g/mol. The van der Waals surface area contributed by atoms with Gasteiger partial charge in [0.1, 0.15) is 9.71 Å². The summed E-state index contributed by atoms with van der Waals surface area (Å²) in [5.74, 6) is -0.785. The maximum Gasteiger partial charge on any atom is 0.348 e. The van der Waals surface area contributed by atoms with Crippen molar-refractivity contribution in [3.05, 3.63) is 82.0 Å². The molecule has 0 saturated heterocycles. The number of aryl methyl sites for hydroxylation is 1. The van der Waals surface area contributed by atoms with Crippen LogP contribution >= 0.6 is 22.9 Å². The fourth-order valence-electron chi connectivity index (χ4n) is 3.49. The highest BCUT2D eigenvalue weighted by Gasteiger charge is 2.20. The fraction of sp³-hybridized carbons (Fsp3) is 0.0870. The summed E-state index contributed by atoms with van der Waals surface area (Å²) in [6.07, 6.45) is 1.64. The van der Waals surface area contributed by atoms with E-state index in [1.165, 1.54) is 11.3 Å². The number of benzene rings is 2. The molecule has 5 aromatic rings. The third-order valence-corrected chi connectivity index (χ3v) is 6.38. The smallest absolute Gasteiger partial charge is 0.348 e. The van der Waals surface area contributed by atoms with Gasteiger partial charge in [0.25, 0.3) is 0 Å². The van der Waals surface area contributed by atoms with Crippen molar-refractivity contribution in [1.29, 1.82) is 0 Å². The van der Waals surface area contributed by atoms with Crippen molar-refractivity contribution in [2.45, 2.75) is 6.92 Å². The van der Waals surface area contributed by atoms with Gasteiger partial charge in [-0.15, -0.1) is 11.3 Å². The Morgan fingerprint density at radius 2 is 1.90 bits per heavy atom. The number of carbonyl (C=O) groups is 2. The van der Waals surface area contributed by atoms with Crippen LogP contribution in [0.5, 0.6) is 0 Å². The fourth-order valence-corrected chi connectivity index (χ4v) is 4.69. The highest BCUT2D eigenvalue weighted by molar-refractivity contribution is 7.20.